The molecule has 26 nitrogen and oxygen atoms in total. The molecule has 6 heterocycles. The molecule has 11 atom stereocenters. The maximum absolute atomic E-state index is 12.6. The van der Waals surface area contributed by atoms with Gasteiger partial charge in [-0.1, -0.05) is 37.5 Å². The number of aromatic nitrogens is 4. The predicted molar refractivity (Wildman–Crippen MR) is 229 cm³/mol. The average Bonchev–Trinajstić information content (AvgIpc) is 3.91. The lowest BCUT2D eigenvalue weighted by molar-refractivity contribution is -0.190. The molecular weight excluding hydrogens is 918 g/mol. The van der Waals surface area contributed by atoms with Crippen LogP contribution in [-0.2, 0) is 56.2 Å². The third kappa shape index (κ3) is 12.5. The third-order valence-electron chi connectivity index (χ3n) is 10.2. The van der Waals surface area contributed by atoms with Crippen molar-refractivity contribution in [2.24, 2.45) is 17.4 Å². The van der Waals surface area contributed by atoms with E-state index in [2.05, 4.69) is 44.3 Å². The predicted octanol–water partition coefficient (Wildman–Crippen LogP) is -3.63. The average molecular weight is 973 g/mol. The molecule has 0 aromatic carbocycles. The van der Waals surface area contributed by atoms with Crippen LogP contribution in [0.4, 0.5) is 0 Å². The van der Waals surface area contributed by atoms with Crippen molar-refractivity contribution < 1.29 is 66.0 Å². The summed E-state index contributed by atoms with van der Waals surface area (Å²) in [6, 6.07) is -0.663. The van der Waals surface area contributed by atoms with E-state index in [1.807, 2.05) is 13.8 Å². The Morgan fingerprint density at radius 1 is 0.833 bits per heavy atom. The van der Waals surface area contributed by atoms with Gasteiger partial charge in [0.15, 0.2) is 12.5 Å². The standard InChI is InChI=1S/C21H31N4O9P.C17H23N4O9P/c1-12(2)8-14(22)18(27)23-7-5-6-13-9-25(20(28)24-17(13)26)19-15-16(34-35(4,29)30)21(33-19,10-31-3)11-32-15;1-27-8-17-9-28-12(13(17)30-31(2,25)26)15(29-17)21-7-10(14(23)20-16(21)24)4-3-5-19-11(22)6-18/h9,12,14-16,19H,7-8,10-11,22H2,1-4H3,(H,23,27)(H,29,30)(H,24,26,28);7,12-13,15H,5-6,8-9,18H2,1-2H3,(H,19,22)(H,25,26)(H,20,23,24)/t14-,15?,16+,19+,21-;12?,13-,15-,17+/m01/s1. The first-order valence-electron chi connectivity index (χ1n) is 20.2. The minimum atomic E-state index is -3.93. The van der Waals surface area contributed by atoms with E-state index in [1.54, 1.807) is 0 Å². The molecule has 0 aliphatic carbocycles. The summed E-state index contributed by atoms with van der Waals surface area (Å²) in [5.74, 6) is 9.93. The number of amides is 2. The maximum atomic E-state index is 12.6. The summed E-state index contributed by atoms with van der Waals surface area (Å²) >= 11 is 0. The molecule has 2 aromatic heterocycles. The Kier molecular flexibility index (Phi) is 17.1. The van der Waals surface area contributed by atoms with Gasteiger partial charge in [-0.2, -0.15) is 0 Å². The van der Waals surface area contributed by atoms with Gasteiger partial charge in [0.2, 0.25) is 11.8 Å². The SMILES string of the molecule is COC[C@@]12COC([C@H](n3cc(C#CCNC(=O)CN)c(=O)[nH]c3=O)O1)[C@H]2OP(C)(=O)O.COC[C@@]12COC([C@H](n3cc(C#CCNC(=O)[C@@H](N)CC(C)C)c(=O)[nH]c3=O)O1)[C@H]2OP(C)(=O)O. The summed E-state index contributed by atoms with van der Waals surface area (Å²) in [7, 11) is -5.00. The van der Waals surface area contributed by atoms with Gasteiger partial charge in [0.1, 0.15) is 46.7 Å². The van der Waals surface area contributed by atoms with Crippen molar-refractivity contribution in [3.05, 3.63) is 65.2 Å². The van der Waals surface area contributed by atoms with Crippen LogP contribution in [0.2, 0.25) is 0 Å². The molecule has 4 fully saturated rings. The summed E-state index contributed by atoms with van der Waals surface area (Å²) in [5.41, 5.74) is 5.41. The summed E-state index contributed by atoms with van der Waals surface area (Å²) < 4.78 is 70.4. The van der Waals surface area contributed by atoms with Gasteiger partial charge in [-0.15, -0.1) is 0 Å². The monoisotopic (exact) mass is 972 g/mol. The zero-order chi connectivity index (χ0) is 48.8. The molecule has 0 spiro atoms. The molecule has 4 unspecified atom stereocenters. The second-order valence-corrected chi connectivity index (χ2v) is 19.8. The van der Waals surface area contributed by atoms with Crippen molar-refractivity contribution in [3.8, 4) is 23.7 Å². The van der Waals surface area contributed by atoms with E-state index >= 15 is 0 Å². The minimum Gasteiger partial charge on any atom is -0.381 e. The lowest BCUT2D eigenvalue weighted by Crippen LogP contribution is -2.46. The smallest absolute Gasteiger partial charge is 0.330 e. The number of hydrogen-bond acceptors (Lipinski definition) is 18. The molecule has 4 bridgehead atoms. The summed E-state index contributed by atoms with van der Waals surface area (Å²) in [6.45, 7) is 5.69. The lowest BCUT2D eigenvalue weighted by Gasteiger charge is -2.31. The molecule has 0 radical (unpaired) electrons. The second kappa shape index (κ2) is 21.6. The molecule has 10 N–H and O–H groups in total. The molecule has 364 valence electrons. The van der Waals surface area contributed by atoms with Crippen LogP contribution in [0.1, 0.15) is 43.9 Å². The van der Waals surface area contributed by atoms with Gasteiger partial charge in [0.05, 0.1) is 52.1 Å². The van der Waals surface area contributed by atoms with E-state index < -0.39 is 97.7 Å². The first-order chi connectivity index (χ1) is 31.0. The first kappa shape index (κ1) is 52.4. The van der Waals surface area contributed by atoms with E-state index in [0.717, 1.165) is 22.5 Å². The Labute approximate surface area is 376 Å². The Balaban J connectivity index is 0.000000249. The molecular formula is C38H54N8O18P2. The molecule has 2 amide bonds. The van der Waals surface area contributed by atoms with Crippen molar-refractivity contribution in [1.82, 2.24) is 29.7 Å². The van der Waals surface area contributed by atoms with Crippen LogP contribution in [0.15, 0.2) is 31.6 Å². The topological polar surface area (TPSA) is 368 Å². The van der Waals surface area contributed by atoms with Crippen LogP contribution in [0.3, 0.4) is 0 Å². The third-order valence-corrected chi connectivity index (χ3v) is 11.5. The van der Waals surface area contributed by atoms with Gasteiger partial charge in [-0.3, -0.25) is 56.5 Å². The van der Waals surface area contributed by atoms with Crippen molar-refractivity contribution >= 4 is 27.0 Å². The van der Waals surface area contributed by atoms with Crippen molar-refractivity contribution in [2.45, 2.75) is 74.4 Å². The normalized spacial score (nSPS) is 28.2. The van der Waals surface area contributed by atoms with E-state index in [4.69, 9.17) is 48.9 Å². The highest BCUT2D eigenvalue weighted by Gasteiger charge is 2.65. The zero-order valence-corrected chi connectivity index (χ0v) is 38.6. The highest BCUT2D eigenvalue weighted by molar-refractivity contribution is 7.52. The quantitative estimate of drug-likeness (QED) is 0.0594. The van der Waals surface area contributed by atoms with Gasteiger partial charge in [0.25, 0.3) is 11.1 Å². The summed E-state index contributed by atoms with van der Waals surface area (Å²) in [6.07, 6.45) is -3.04. The number of fused-ring (bicyclic) bond motifs is 4. The number of methoxy groups -OCH3 is 2. The Hall–Kier alpha value is -4.60. The molecule has 4 saturated heterocycles. The lowest BCUT2D eigenvalue weighted by atomic mass is 10.0. The number of rotatable bonds is 16. The Bertz CT molecular complexity index is 2580. The van der Waals surface area contributed by atoms with Crippen molar-refractivity contribution in [2.75, 3.05) is 73.6 Å². The van der Waals surface area contributed by atoms with E-state index in [1.165, 1.54) is 26.6 Å². The number of nitrogens with one attached hydrogen (secondary N) is 4. The second-order valence-electron chi connectivity index (χ2n) is 16.2. The van der Waals surface area contributed by atoms with Gasteiger partial charge in [0, 0.05) is 39.9 Å². The molecule has 2 aromatic rings. The van der Waals surface area contributed by atoms with E-state index in [0.29, 0.717) is 6.42 Å². The maximum Gasteiger partial charge on any atom is 0.330 e. The molecule has 28 heteroatoms. The number of nitrogens with two attached hydrogens (primary N) is 2. The highest BCUT2D eigenvalue weighted by Crippen LogP contribution is 2.53. The number of H-pyrrole nitrogens is 2. The molecule has 4 aliphatic heterocycles. The van der Waals surface area contributed by atoms with Crippen LogP contribution in [0.25, 0.3) is 0 Å². The number of aromatic amines is 2. The van der Waals surface area contributed by atoms with E-state index in [-0.39, 0.29) is 69.0 Å². The molecule has 0 saturated carbocycles. The first-order valence-corrected chi connectivity index (χ1v) is 24.2. The molecule has 66 heavy (non-hydrogen) atoms. The van der Waals surface area contributed by atoms with Crippen LogP contribution < -0.4 is 44.6 Å². The fourth-order valence-corrected chi connectivity index (χ4v) is 9.03. The zero-order valence-electron chi connectivity index (χ0n) is 36.8. The van der Waals surface area contributed by atoms with Gasteiger partial charge in [-0.25, -0.2) is 9.59 Å². The number of carbonyl (C=O) groups is 2. The van der Waals surface area contributed by atoms with E-state index in [9.17, 15) is 47.7 Å². The van der Waals surface area contributed by atoms with Gasteiger partial charge >= 0.3 is 26.6 Å². The summed E-state index contributed by atoms with van der Waals surface area (Å²) in [4.78, 5) is 96.3. The number of hydrogen-bond donors (Lipinski definition) is 8. The number of ether oxygens (including phenoxy) is 6. The van der Waals surface area contributed by atoms with Crippen LogP contribution in [0.5, 0.6) is 0 Å². The van der Waals surface area contributed by atoms with Gasteiger partial charge < -0.3 is 60.3 Å². The molecule has 6 rings (SSSR count). The number of carbonyl (C=O) groups excluding carboxylic acids is 2. The Morgan fingerprint density at radius 2 is 1.26 bits per heavy atom. The Morgan fingerprint density at radius 3 is 1.64 bits per heavy atom. The fourth-order valence-electron chi connectivity index (χ4n) is 7.56. The van der Waals surface area contributed by atoms with Crippen molar-refractivity contribution in [3.63, 3.8) is 0 Å². The minimum absolute atomic E-state index is 0.0176. The largest absolute Gasteiger partial charge is 0.381 e. The number of nitrogens with zero attached hydrogens (tertiary/aromatic N) is 2. The van der Waals surface area contributed by atoms with Crippen LogP contribution in [0, 0.1) is 29.6 Å². The molecule has 4 aliphatic rings. The highest BCUT2D eigenvalue weighted by atomic mass is 31.2. The van der Waals surface area contributed by atoms with Crippen LogP contribution >= 0.6 is 15.2 Å². The fraction of sp³-hybridized carbons (Fsp3) is 0.632. The summed E-state index contributed by atoms with van der Waals surface area (Å²) in [5, 5.41) is 5.01. The van der Waals surface area contributed by atoms with Crippen LogP contribution in [-0.4, -0.2) is 156 Å². The van der Waals surface area contributed by atoms with Crippen molar-refractivity contribution in [1.29, 1.82) is 0 Å². The van der Waals surface area contributed by atoms with Gasteiger partial charge in [-0.05, 0) is 12.3 Å².